The summed E-state index contributed by atoms with van der Waals surface area (Å²) in [6, 6.07) is 14.0. The van der Waals surface area contributed by atoms with Gasteiger partial charge >= 0.3 is 0 Å². The fraction of sp³-hybridized carbons (Fsp3) is 0.0588. The highest BCUT2D eigenvalue weighted by atomic mass is 14.7. The van der Waals surface area contributed by atoms with Gasteiger partial charge in [-0.1, -0.05) is 36.3 Å². The smallest absolute Gasteiger partial charge is 0.113 e. The number of aryl methyl sites for hydroxylation is 1. The first kappa shape index (κ1) is 11.4. The lowest BCUT2D eigenvalue weighted by molar-refractivity contribution is 1.18. The summed E-state index contributed by atoms with van der Waals surface area (Å²) in [7, 11) is 0. The number of benzene rings is 1. The monoisotopic (exact) mass is 244 g/mol. The van der Waals surface area contributed by atoms with Gasteiger partial charge in [0, 0.05) is 28.9 Å². The van der Waals surface area contributed by atoms with Crippen molar-refractivity contribution in [1.29, 1.82) is 0 Å². The molecule has 1 aromatic carbocycles. The van der Waals surface area contributed by atoms with Crippen LogP contribution in [0.5, 0.6) is 0 Å². The number of hydrogen-bond acceptors (Lipinski definition) is 2. The maximum absolute atomic E-state index is 4.37. The van der Waals surface area contributed by atoms with E-state index < -0.39 is 0 Å². The summed E-state index contributed by atoms with van der Waals surface area (Å²) in [5.74, 6) is 6.25. The summed E-state index contributed by atoms with van der Waals surface area (Å²) in [6.07, 6.45) is 3.65. The first-order valence-corrected chi connectivity index (χ1v) is 6.11. The van der Waals surface area contributed by atoms with Crippen molar-refractivity contribution in [2.75, 3.05) is 0 Å². The molecule has 2 heteroatoms. The molecule has 0 radical (unpaired) electrons. The molecular formula is C17H12N2. The molecule has 2 heterocycles. The molecule has 2 aromatic heterocycles. The second-order valence-corrected chi connectivity index (χ2v) is 4.32. The van der Waals surface area contributed by atoms with E-state index in [1.54, 1.807) is 6.20 Å². The summed E-state index contributed by atoms with van der Waals surface area (Å²) >= 11 is 0. The molecule has 2 nitrogen and oxygen atoms in total. The number of hydrogen-bond donors (Lipinski definition) is 0. The van der Waals surface area contributed by atoms with Crippen molar-refractivity contribution in [3.8, 4) is 11.8 Å². The number of pyridine rings is 2. The molecule has 0 saturated carbocycles. The first-order chi connectivity index (χ1) is 9.33. The Bertz CT molecular complexity index is 789. The number of nitrogens with zero attached hydrogens (tertiary/aromatic N) is 2. The van der Waals surface area contributed by atoms with E-state index in [-0.39, 0.29) is 0 Å². The quantitative estimate of drug-likeness (QED) is 0.567. The van der Waals surface area contributed by atoms with Gasteiger partial charge in [-0.15, -0.1) is 0 Å². The molecule has 0 aliphatic heterocycles. The van der Waals surface area contributed by atoms with Crippen LogP contribution in [-0.2, 0) is 0 Å². The van der Waals surface area contributed by atoms with Crippen molar-refractivity contribution in [3.63, 3.8) is 0 Å². The zero-order chi connectivity index (χ0) is 13.1. The molecule has 19 heavy (non-hydrogen) atoms. The van der Waals surface area contributed by atoms with E-state index in [0.29, 0.717) is 0 Å². The Morgan fingerprint density at radius 1 is 0.895 bits per heavy atom. The van der Waals surface area contributed by atoms with Crippen LogP contribution in [0.2, 0.25) is 0 Å². The van der Waals surface area contributed by atoms with Gasteiger partial charge in [-0.2, -0.15) is 0 Å². The van der Waals surface area contributed by atoms with E-state index in [1.807, 2.05) is 49.5 Å². The van der Waals surface area contributed by atoms with Gasteiger partial charge in [0.1, 0.15) is 5.69 Å². The summed E-state index contributed by atoms with van der Waals surface area (Å²) in [5.41, 5.74) is 2.69. The maximum Gasteiger partial charge on any atom is 0.113 e. The second kappa shape index (κ2) is 4.91. The molecule has 0 fully saturated rings. The normalized spacial score (nSPS) is 9.95. The van der Waals surface area contributed by atoms with Crippen molar-refractivity contribution in [3.05, 3.63) is 71.8 Å². The lowest BCUT2D eigenvalue weighted by atomic mass is 10.1. The van der Waals surface area contributed by atoms with Crippen LogP contribution >= 0.6 is 0 Å². The van der Waals surface area contributed by atoms with Crippen LogP contribution in [0.4, 0.5) is 0 Å². The van der Waals surface area contributed by atoms with E-state index in [4.69, 9.17) is 0 Å². The molecule has 3 rings (SSSR count). The molecule has 0 bridgehead atoms. The minimum absolute atomic E-state index is 0.785. The highest BCUT2D eigenvalue weighted by Gasteiger charge is 1.97. The molecule has 90 valence electrons. The largest absolute Gasteiger partial charge is 0.263 e. The summed E-state index contributed by atoms with van der Waals surface area (Å²) in [4.78, 5) is 8.59. The van der Waals surface area contributed by atoms with Crippen LogP contribution in [0.3, 0.4) is 0 Å². The van der Waals surface area contributed by atoms with Crippen LogP contribution in [0.25, 0.3) is 10.8 Å². The summed E-state index contributed by atoms with van der Waals surface area (Å²) in [6.45, 7) is 1.96. The first-order valence-electron chi connectivity index (χ1n) is 6.11. The lowest BCUT2D eigenvalue weighted by Crippen LogP contribution is -1.86. The summed E-state index contributed by atoms with van der Waals surface area (Å²) in [5, 5.41) is 2.23. The van der Waals surface area contributed by atoms with Crippen LogP contribution < -0.4 is 0 Å². The van der Waals surface area contributed by atoms with Crippen molar-refractivity contribution >= 4 is 10.8 Å². The molecule has 3 aromatic rings. The highest BCUT2D eigenvalue weighted by molar-refractivity contribution is 5.87. The second-order valence-electron chi connectivity index (χ2n) is 4.32. The van der Waals surface area contributed by atoms with E-state index in [0.717, 1.165) is 27.7 Å². The van der Waals surface area contributed by atoms with Crippen molar-refractivity contribution < 1.29 is 0 Å². The van der Waals surface area contributed by atoms with Gasteiger partial charge in [-0.3, -0.25) is 4.98 Å². The maximum atomic E-state index is 4.37. The van der Waals surface area contributed by atoms with Crippen molar-refractivity contribution in [1.82, 2.24) is 9.97 Å². The van der Waals surface area contributed by atoms with Gasteiger partial charge < -0.3 is 0 Å². The Balaban J connectivity index is 2.07. The zero-order valence-electron chi connectivity index (χ0n) is 10.6. The molecule has 0 amide bonds. The minimum Gasteiger partial charge on any atom is -0.263 e. The fourth-order valence-electron chi connectivity index (χ4n) is 1.96. The number of aromatic nitrogens is 2. The van der Waals surface area contributed by atoms with Gasteiger partial charge in [0.2, 0.25) is 0 Å². The zero-order valence-corrected chi connectivity index (χ0v) is 10.6. The third-order valence-electron chi connectivity index (χ3n) is 2.88. The molecule has 0 N–H and O–H groups in total. The highest BCUT2D eigenvalue weighted by Crippen LogP contribution is 2.15. The predicted molar refractivity (Wildman–Crippen MR) is 76.7 cm³/mol. The van der Waals surface area contributed by atoms with Crippen molar-refractivity contribution in [2.24, 2.45) is 0 Å². The van der Waals surface area contributed by atoms with Crippen LogP contribution in [0.15, 0.2) is 54.9 Å². The van der Waals surface area contributed by atoms with Crippen LogP contribution in [0.1, 0.15) is 17.0 Å². The number of fused-ring (bicyclic) bond motifs is 1. The van der Waals surface area contributed by atoms with E-state index in [1.165, 1.54) is 0 Å². The standard InChI is InChI=1S/C17H12N2/c1-13-5-4-7-16(19-13)10-9-15-12-18-11-14-6-2-3-8-17(14)15/h2-8,11-12H,1H3. The Morgan fingerprint density at radius 2 is 1.79 bits per heavy atom. The van der Waals surface area contributed by atoms with Crippen molar-refractivity contribution in [2.45, 2.75) is 6.92 Å². The number of rotatable bonds is 0. The molecular weight excluding hydrogens is 232 g/mol. The lowest BCUT2D eigenvalue weighted by Gasteiger charge is -1.98. The topological polar surface area (TPSA) is 25.8 Å². The molecule has 0 aliphatic rings. The molecule has 0 aliphatic carbocycles. The van der Waals surface area contributed by atoms with Gasteiger partial charge in [0.15, 0.2) is 0 Å². The van der Waals surface area contributed by atoms with Crippen LogP contribution in [0, 0.1) is 18.8 Å². The Kier molecular flexibility index (Phi) is 2.96. The molecule has 0 unspecified atom stereocenters. The SMILES string of the molecule is Cc1cccc(C#Cc2cncc3ccccc23)n1. The molecule has 0 spiro atoms. The third-order valence-corrected chi connectivity index (χ3v) is 2.88. The third kappa shape index (κ3) is 2.46. The van der Waals surface area contributed by atoms with Gasteiger partial charge in [0.05, 0.1) is 5.56 Å². The van der Waals surface area contributed by atoms with Crippen LogP contribution in [-0.4, -0.2) is 9.97 Å². The average molecular weight is 244 g/mol. The van der Waals surface area contributed by atoms with E-state index >= 15 is 0 Å². The minimum atomic E-state index is 0.785. The summed E-state index contributed by atoms with van der Waals surface area (Å²) < 4.78 is 0. The predicted octanol–water partition coefficient (Wildman–Crippen LogP) is 3.34. The van der Waals surface area contributed by atoms with Gasteiger partial charge in [0.25, 0.3) is 0 Å². The average Bonchev–Trinajstić information content (AvgIpc) is 2.45. The van der Waals surface area contributed by atoms with Gasteiger partial charge in [-0.05, 0) is 25.0 Å². The Morgan fingerprint density at radius 3 is 2.68 bits per heavy atom. The molecule has 0 saturated heterocycles. The van der Waals surface area contributed by atoms with Gasteiger partial charge in [-0.25, -0.2) is 4.98 Å². The Labute approximate surface area is 112 Å². The Hall–Kier alpha value is -2.66. The van der Waals surface area contributed by atoms with E-state index in [2.05, 4.69) is 27.9 Å². The fourth-order valence-corrected chi connectivity index (χ4v) is 1.96. The molecule has 0 atom stereocenters. The van der Waals surface area contributed by atoms with E-state index in [9.17, 15) is 0 Å².